The van der Waals surface area contributed by atoms with E-state index in [2.05, 4.69) is 17.2 Å². The van der Waals surface area contributed by atoms with Crippen LogP contribution in [0.5, 0.6) is 17.2 Å². The third-order valence-electron chi connectivity index (χ3n) is 3.58. The van der Waals surface area contributed by atoms with Crippen LogP contribution in [0.1, 0.15) is 12.5 Å². The Hall–Kier alpha value is -2.74. The Bertz CT molecular complexity index is 663. The van der Waals surface area contributed by atoms with Gasteiger partial charge in [0.25, 0.3) is 5.91 Å². The molecule has 0 saturated carbocycles. The number of nitrogens with two attached hydrogens (primary N) is 1. The van der Waals surface area contributed by atoms with Crippen LogP contribution < -0.4 is 25.3 Å². The summed E-state index contributed by atoms with van der Waals surface area (Å²) in [5.74, 6) is 0.765. The molecule has 1 aromatic carbocycles. The topological polar surface area (TPSA) is 101 Å². The van der Waals surface area contributed by atoms with Gasteiger partial charge in [0.05, 0.1) is 20.5 Å². The van der Waals surface area contributed by atoms with Crippen molar-refractivity contribution in [2.75, 3.05) is 20.8 Å². The van der Waals surface area contributed by atoms with Gasteiger partial charge in [0.2, 0.25) is 5.75 Å². The Morgan fingerprint density at radius 3 is 2.52 bits per heavy atom. The van der Waals surface area contributed by atoms with Crippen molar-refractivity contribution in [1.82, 2.24) is 14.9 Å². The van der Waals surface area contributed by atoms with Gasteiger partial charge in [-0.3, -0.25) is 4.79 Å². The van der Waals surface area contributed by atoms with E-state index < -0.39 is 5.91 Å². The van der Waals surface area contributed by atoms with Gasteiger partial charge in [0, 0.05) is 31.5 Å². The quantitative estimate of drug-likeness (QED) is 0.663. The zero-order valence-electron chi connectivity index (χ0n) is 14.7. The first-order valence-electron chi connectivity index (χ1n) is 7.88. The summed E-state index contributed by atoms with van der Waals surface area (Å²) in [4.78, 5) is 15.0. The van der Waals surface area contributed by atoms with E-state index in [1.54, 1.807) is 12.5 Å². The van der Waals surface area contributed by atoms with Crippen LogP contribution in [0.15, 0.2) is 30.9 Å². The van der Waals surface area contributed by atoms with Gasteiger partial charge in [-0.25, -0.2) is 4.98 Å². The van der Waals surface area contributed by atoms with E-state index >= 15 is 0 Å². The molecule has 2 aromatic rings. The summed E-state index contributed by atoms with van der Waals surface area (Å²) >= 11 is 0. The van der Waals surface area contributed by atoms with Crippen molar-refractivity contribution in [3.63, 3.8) is 0 Å². The molecular formula is C17H24N4O4. The Morgan fingerprint density at radius 2 is 2.00 bits per heavy atom. The Labute approximate surface area is 146 Å². The summed E-state index contributed by atoms with van der Waals surface area (Å²) in [6, 6.07) is 3.93. The molecule has 1 aromatic heterocycles. The Morgan fingerprint density at radius 1 is 1.32 bits per heavy atom. The monoisotopic (exact) mass is 348 g/mol. The van der Waals surface area contributed by atoms with Crippen LogP contribution in [-0.4, -0.2) is 42.3 Å². The van der Waals surface area contributed by atoms with E-state index in [-0.39, 0.29) is 12.6 Å². The van der Waals surface area contributed by atoms with E-state index in [1.165, 1.54) is 14.2 Å². The fraction of sp³-hybridized carbons (Fsp3) is 0.412. The lowest BCUT2D eigenvalue weighted by Crippen LogP contribution is -2.29. The molecule has 1 heterocycles. The summed E-state index contributed by atoms with van der Waals surface area (Å²) in [6.07, 6.45) is 5.47. The lowest BCUT2D eigenvalue weighted by molar-refractivity contribution is -0.119. The number of hydrogen-bond acceptors (Lipinski definition) is 6. The maximum Gasteiger partial charge on any atom is 0.255 e. The van der Waals surface area contributed by atoms with Gasteiger partial charge < -0.3 is 29.8 Å². The van der Waals surface area contributed by atoms with Crippen LogP contribution in [-0.2, 0) is 17.9 Å². The van der Waals surface area contributed by atoms with Crippen molar-refractivity contribution in [2.45, 2.75) is 26.1 Å². The predicted molar refractivity (Wildman–Crippen MR) is 92.8 cm³/mol. The first kappa shape index (κ1) is 18.6. The average molecular weight is 348 g/mol. The fourth-order valence-electron chi connectivity index (χ4n) is 2.39. The molecule has 25 heavy (non-hydrogen) atoms. The molecule has 1 atom stereocenters. The second-order valence-electron chi connectivity index (χ2n) is 5.63. The molecule has 136 valence electrons. The van der Waals surface area contributed by atoms with E-state index in [1.807, 2.05) is 22.9 Å². The Kier molecular flexibility index (Phi) is 6.64. The van der Waals surface area contributed by atoms with E-state index in [9.17, 15) is 4.79 Å². The minimum atomic E-state index is -0.567. The number of rotatable bonds is 10. The molecule has 0 fully saturated rings. The number of carbonyl (C=O) groups excluding carboxylic acids is 1. The first-order chi connectivity index (χ1) is 12.0. The number of carbonyl (C=O) groups is 1. The highest BCUT2D eigenvalue weighted by molar-refractivity contribution is 5.75. The number of ether oxygens (including phenoxy) is 3. The van der Waals surface area contributed by atoms with Gasteiger partial charge >= 0.3 is 0 Å². The maximum absolute atomic E-state index is 10.9. The lowest BCUT2D eigenvalue weighted by Gasteiger charge is -2.18. The van der Waals surface area contributed by atoms with Crippen molar-refractivity contribution in [3.8, 4) is 17.2 Å². The highest BCUT2D eigenvalue weighted by atomic mass is 16.5. The van der Waals surface area contributed by atoms with Crippen molar-refractivity contribution in [1.29, 1.82) is 0 Å². The van der Waals surface area contributed by atoms with E-state index in [0.717, 1.165) is 12.1 Å². The zero-order valence-corrected chi connectivity index (χ0v) is 14.7. The van der Waals surface area contributed by atoms with Gasteiger partial charge in [0.1, 0.15) is 0 Å². The molecule has 3 N–H and O–H groups in total. The van der Waals surface area contributed by atoms with E-state index in [4.69, 9.17) is 19.9 Å². The van der Waals surface area contributed by atoms with Crippen LogP contribution >= 0.6 is 0 Å². The molecule has 2 rings (SSSR count). The summed E-state index contributed by atoms with van der Waals surface area (Å²) in [7, 11) is 3.07. The molecule has 0 bridgehead atoms. The van der Waals surface area contributed by atoms with Crippen LogP contribution in [0, 0.1) is 0 Å². The van der Waals surface area contributed by atoms with Gasteiger partial charge in [-0.1, -0.05) is 0 Å². The molecule has 0 radical (unpaired) electrons. The summed E-state index contributed by atoms with van der Waals surface area (Å²) in [5.41, 5.74) is 6.10. The number of nitrogens with zero attached hydrogens (tertiary/aromatic N) is 2. The van der Waals surface area contributed by atoms with Crippen LogP contribution in [0.2, 0.25) is 0 Å². The molecule has 0 saturated heterocycles. The number of primary amides is 1. The highest BCUT2D eigenvalue weighted by Crippen LogP contribution is 2.38. The fourth-order valence-corrected chi connectivity index (χ4v) is 2.39. The van der Waals surface area contributed by atoms with E-state index in [0.29, 0.717) is 23.8 Å². The summed E-state index contributed by atoms with van der Waals surface area (Å²) in [6.45, 7) is 3.29. The minimum absolute atomic E-state index is 0.244. The molecule has 0 spiro atoms. The number of nitrogens with one attached hydrogen (secondary N) is 1. The number of benzene rings is 1. The molecule has 0 aliphatic rings. The summed E-state index contributed by atoms with van der Waals surface area (Å²) in [5, 5.41) is 3.43. The molecular weight excluding hydrogens is 324 g/mol. The van der Waals surface area contributed by atoms with Gasteiger partial charge in [-0.2, -0.15) is 0 Å². The number of methoxy groups -OCH3 is 2. The van der Waals surface area contributed by atoms with Crippen LogP contribution in [0.3, 0.4) is 0 Å². The third kappa shape index (κ3) is 5.39. The standard InChI is InChI=1S/C17H24N4O4/c1-12(9-21-5-4-19-11-21)20-8-13-6-14(23-2)17(15(7-13)24-3)25-10-16(18)22/h4-7,11-12,20H,8-10H2,1-3H3,(H2,18,22). The van der Waals surface area contributed by atoms with Crippen molar-refractivity contribution >= 4 is 5.91 Å². The maximum atomic E-state index is 10.9. The minimum Gasteiger partial charge on any atom is -0.493 e. The van der Waals surface area contributed by atoms with Crippen molar-refractivity contribution in [2.24, 2.45) is 5.73 Å². The Balaban J connectivity index is 2.06. The van der Waals surface area contributed by atoms with Gasteiger partial charge in [-0.05, 0) is 24.6 Å². The lowest BCUT2D eigenvalue weighted by atomic mass is 10.1. The normalized spacial score (nSPS) is 11.8. The van der Waals surface area contributed by atoms with Crippen LogP contribution in [0.4, 0.5) is 0 Å². The van der Waals surface area contributed by atoms with Gasteiger partial charge in [-0.15, -0.1) is 0 Å². The molecule has 0 aliphatic heterocycles. The SMILES string of the molecule is COc1cc(CNC(C)Cn2ccnc2)cc(OC)c1OCC(N)=O. The third-order valence-corrected chi connectivity index (χ3v) is 3.58. The molecule has 0 aliphatic carbocycles. The molecule has 8 heteroatoms. The zero-order chi connectivity index (χ0) is 18.2. The number of hydrogen-bond donors (Lipinski definition) is 2. The van der Waals surface area contributed by atoms with Crippen molar-refractivity contribution in [3.05, 3.63) is 36.4 Å². The highest BCUT2D eigenvalue weighted by Gasteiger charge is 2.15. The number of amides is 1. The number of imidazole rings is 1. The molecule has 1 amide bonds. The van der Waals surface area contributed by atoms with Crippen molar-refractivity contribution < 1.29 is 19.0 Å². The summed E-state index contributed by atoms with van der Waals surface area (Å²) < 4.78 is 18.1. The largest absolute Gasteiger partial charge is 0.493 e. The second kappa shape index (κ2) is 8.93. The second-order valence-corrected chi connectivity index (χ2v) is 5.63. The smallest absolute Gasteiger partial charge is 0.255 e. The first-order valence-corrected chi connectivity index (χ1v) is 7.88. The average Bonchev–Trinajstić information content (AvgIpc) is 3.10. The number of aromatic nitrogens is 2. The predicted octanol–water partition coefficient (Wildman–Crippen LogP) is 0.943. The van der Waals surface area contributed by atoms with Crippen LogP contribution in [0.25, 0.3) is 0 Å². The van der Waals surface area contributed by atoms with Gasteiger partial charge in [0.15, 0.2) is 18.1 Å². The molecule has 1 unspecified atom stereocenters. The molecule has 8 nitrogen and oxygen atoms in total.